The summed E-state index contributed by atoms with van der Waals surface area (Å²) in [5, 5.41) is 6.00. The average Bonchev–Trinajstić information content (AvgIpc) is 3.46. The third kappa shape index (κ3) is 4.26. The van der Waals surface area contributed by atoms with Crippen LogP contribution in [0.2, 0.25) is 0 Å². The zero-order chi connectivity index (χ0) is 23.8. The Balaban J connectivity index is 1.54. The quantitative estimate of drug-likeness (QED) is 0.453. The third-order valence-electron chi connectivity index (χ3n) is 6.87. The highest BCUT2D eigenvalue weighted by atomic mass is 19.2. The zero-order valence-electron chi connectivity index (χ0n) is 18.5. The summed E-state index contributed by atoms with van der Waals surface area (Å²) in [6.45, 7) is 0. The van der Waals surface area contributed by atoms with Crippen molar-refractivity contribution in [1.29, 1.82) is 0 Å². The highest BCUT2D eigenvalue weighted by Gasteiger charge is 2.30. The minimum atomic E-state index is -1.33. The van der Waals surface area contributed by atoms with Gasteiger partial charge < -0.3 is 16.4 Å². The van der Waals surface area contributed by atoms with E-state index in [1.807, 2.05) is 0 Å². The van der Waals surface area contributed by atoms with Gasteiger partial charge in [-0.3, -0.25) is 9.36 Å². The van der Waals surface area contributed by atoms with Crippen molar-refractivity contribution in [1.82, 2.24) is 19.5 Å². The molecule has 0 unspecified atom stereocenters. The second kappa shape index (κ2) is 9.11. The van der Waals surface area contributed by atoms with Crippen LogP contribution in [0.1, 0.15) is 57.4 Å². The molecule has 2 aromatic heterocycles. The Morgan fingerprint density at radius 2 is 1.71 bits per heavy atom. The number of nitrogens with two attached hydrogens (primary N) is 1. The number of primary amides is 1. The van der Waals surface area contributed by atoms with Crippen LogP contribution in [0.3, 0.4) is 0 Å². The molecule has 8 nitrogen and oxygen atoms in total. The molecular weight excluding hydrogens is 447 g/mol. The van der Waals surface area contributed by atoms with E-state index in [-0.39, 0.29) is 23.8 Å². The first-order valence-electron chi connectivity index (χ1n) is 11.6. The maximum atomic E-state index is 14.4. The Bertz CT molecular complexity index is 1220. The van der Waals surface area contributed by atoms with Crippen LogP contribution in [0.25, 0.3) is 11.2 Å². The van der Waals surface area contributed by atoms with Crippen LogP contribution in [0.5, 0.6) is 0 Å². The SMILES string of the molecule is NC(=O)C1CCC(n2c(Nc3c(F)ccc(F)c3F)nc3cnc(NC4CCCC4)nc32)CC1. The predicted molar refractivity (Wildman–Crippen MR) is 121 cm³/mol. The molecule has 11 heteroatoms. The minimum absolute atomic E-state index is 0.133. The van der Waals surface area contributed by atoms with Gasteiger partial charge in [0.2, 0.25) is 17.8 Å². The van der Waals surface area contributed by atoms with Gasteiger partial charge in [0.1, 0.15) is 17.0 Å². The number of fused-ring (bicyclic) bond motifs is 1. The number of rotatable bonds is 6. The molecule has 2 aliphatic rings. The summed E-state index contributed by atoms with van der Waals surface area (Å²) in [7, 11) is 0. The summed E-state index contributed by atoms with van der Waals surface area (Å²) >= 11 is 0. The van der Waals surface area contributed by atoms with Crippen LogP contribution in [-0.4, -0.2) is 31.5 Å². The van der Waals surface area contributed by atoms with Crippen molar-refractivity contribution in [3.63, 3.8) is 0 Å². The number of anilines is 3. The molecule has 2 saturated carbocycles. The number of carbonyl (C=O) groups is 1. The van der Waals surface area contributed by atoms with Crippen molar-refractivity contribution >= 4 is 34.7 Å². The molecule has 2 aliphatic carbocycles. The lowest BCUT2D eigenvalue weighted by molar-refractivity contribution is -0.122. The Morgan fingerprint density at radius 3 is 2.41 bits per heavy atom. The molecule has 2 fully saturated rings. The van der Waals surface area contributed by atoms with Gasteiger partial charge in [-0.25, -0.2) is 23.1 Å². The number of nitrogens with one attached hydrogen (secondary N) is 2. The van der Waals surface area contributed by atoms with E-state index in [0.717, 1.165) is 37.8 Å². The van der Waals surface area contributed by atoms with E-state index >= 15 is 0 Å². The van der Waals surface area contributed by atoms with Crippen LogP contribution in [0.15, 0.2) is 18.3 Å². The second-order valence-electron chi connectivity index (χ2n) is 9.08. The highest BCUT2D eigenvalue weighted by Crippen LogP contribution is 2.37. The molecule has 2 heterocycles. The molecule has 4 N–H and O–H groups in total. The molecule has 1 amide bonds. The molecule has 34 heavy (non-hydrogen) atoms. The normalized spacial score (nSPS) is 21.1. The summed E-state index contributed by atoms with van der Waals surface area (Å²) in [6.07, 6.45) is 8.34. The lowest BCUT2D eigenvalue weighted by Gasteiger charge is -2.29. The van der Waals surface area contributed by atoms with E-state index < -0.39 is 23.1 Å². The van der Waals surface area contributed by atoms with Crippen LogP contribution in [0.4, 0.5) is 30.8 Å². The number of carbonyl (C=O) groups excluding carboxylic acids is 1. The van der Waals surface area contributed by atoms with Crippen molar-refractivity contribution in [2.75, 3.05) is 10.6 Å². The Labute approximate surface area is 194 Å². The van der Waals surface area contributed by atoms with Crippen LogP contribution in [-0.2, 0) is 4.79 Å². The fourth-order valence-electron chi connectivity index (χ4n) is 5.02. The van der Waals surface area contributed by atoms with Gasteiger partial charge in [-0.1, -0.05) is 12.8 Å². The van der Waals surface area contributed by atoms with Crippen LogP contribution in [0, 0.1) is 23.4 Å². The Morgan fingerprint density at radius 1 is 1.00 bits per heavy atom. The van der Waals surface area contributed by atoms with Crippen molar-refractivity contribution in [2.24, 2.45) is 11.7 Å². The lowest BCUT2D eigenvalue weighted by atomic mass is 9.85. The van der Waals surface area contributed by atoms with E-state index in [1.54, 1.807) is 10.8 Å². The number of aromatic nitrogens is 4. The molecule has 0 bridgehead atoms. The maximum Gasteiger partial charge on any atom is 0.224 e. The van der Waals surface area contributed by atoms with Crippen LogP contribution < -0.4 is 16.4 Å². The first-order valence-corrected chi connectivity index (χ1v) is 11.6. The number of amides is 1. The van der Waals surface area contributed by atoms with Gasteiger partial charge in [0, 0.05) is 18.0 Å². The minimum Gasteiger partial charge on any atom is -0.369 e. The molecule has 0 spiro atoms. The fourth-order valence-corrected chi connectivity index (χ4v) is 5.02. The van der Waals surface area contributed by atoms with Crippen molar-refractivity contribution in [3.8, 4) is 0 Å². The number of hydrogen-bond acceptors (Lipinski definition) is 6. The van der Waals surface area contributed by atoms with Crippen molar-refractivity contribution in [3.05, 3.63) is 35.8 Å². The summed E-state index contributed by atoms with van der Waals surface area (Å²) in [5.74, 6) is -3.39. The molecule has 1 aromatic carbocycles. The number of benzene rings is 1. The van der Waals surface area contributed by atoms with Crippen molar-refractivity contribution in [2.45, 2.75) is 63.5 Å². The molecular formula is C23H26F3N7O. The highest BCUT2D eigenvalue weighted by molar-refractivity contribution is 5.78. The van der Waals surface area contributed by atoms with Gasteiger partial charge in [-0.2, -0.15) is 4.98 Å². The topological polar surface area (TPSA) is 111 Å². The number of imidazole rings is 1. The van der Waals surface area contributed by atoms with E-state index in [2.05, 4.69) is 25.6 Å². The van der Waals surface area contributed by atoms with Crippen molar-refractivity contribution < 1.29 is 18.0 Å². The maximum absolute atomic E-state index is 14.4. The Kier molecular flexibility index (Phi) is 6.01. The molecule has 180 valence electrons. The molecule has 0 aliphatic heterocycles. The van der Waals surface area contributed by atoms with E-state index in [1.165, 1.54) is 0 Å². The number of halogens is 3. The summed E-state index contributed by atoms with van der Waals surface area (Å²) in [6, 6.07) is 1.75. The first-order chi connectivity index (χ1) is 16.4. The smallest absolute Gasteiger partial charge is 0.224 e. The molecule has 5 rings (SSSR count). The predicted octanol–water partition coefficient (Wildman–Crippen LogP) is 4.56. The number of nitrogens with zero attached hydrogens (tertiary/aromatic N) is 4. The van der Waals surface area contributed by atoms with Gasteiger partial charge in [-0.05, 0) is 50.7 Å². The van der Waals surface area contributed by atoms with Gasteiger partial charge in [0.05, 0.1) is 6.20 Å². The number of hydrogen-bond donors (Lipinski definition) is 3. The van der Waals surface area contributed by atoms with E-state index in [4.69, 9.17) is 5.73 Å². The lowest BCUT2D eigenvalue weighted by Crippen LogP contribution is -2.29. The second-order valence-corrected chi connectivity index (χ2v) is 9.08. The molecule has 0 atom stereocenters. The van der Waals surface area contributed by atoms with E-state index in [0.29, 0.717) is 48.8 Å². The molecule has 0 saturated heterocycles. The van der Waals surface area contributed by atoms with Crippen LogP contribution >= 0.6 is 0 Å². The largest absolute Gasteiger partial charge is 0.369 e. The summed E-state index contributed by atoms with van der Waals surface area (Å²) in [5.41, 5.74) is 5.79. The first kappa shape index (κ1) is 22.4. The Hall–Kier alpha value is -3.37. The standard InChI is InChI=1S/C23H26F3N7O/c24-15-9-10-16(25)19(18(15)26)31-23-30-17-11-28-22(29-13-3-1-2-4-13)32-21(17)33(23)14-7-5-12(6-8-14)20(27)34/h9-14H,1-8H2,(H2,27,34)(H,30,31)(H,28,29,32). The summed E-state index contributed by atoms with van der Waals surface area (Å²) < 4.78 is 44.4. The zero-order valence-corrected chi connectivity index (χ0v) is 18.5. The third-order valence-corrected chi connectivity index (χ3v) is 6.87. The molecule has 0 radical (unpaired) electrons. The van der Waals surface area contributed by atoms with Gasteiger partial charge in [-0.15, -0.1) is 0 Å². The monoisotopic (exact) mass is 473 g/mol. The van der Waals surface area contributed by atoms with Gasteiger partial charge in [0.25, 0.3) is 0 Å². The molecule has 3 aromatic rings. The summed E-state index contributed by atoms with van der Waals surface area (Å²) in [4.78, 5) is 25.1. The fraction of sp³-hybridized carbons (Fsp3) is 0.478. The van der Waals surface area contributed by atoms with Gasteiger partial charge >= 0.3 is 0 Å². The van der Waals surface area contributed by atoms with E-state index in [9.17, 15) is 18.0 Å². The average molecular weight is 474 g/mol. The van der Waals surface area contributed by atoms with Gasteiger partial charge in [0.15, 0.2) is 17.3 Å².